The molecule has 2 rings (SSSR count). The number of benzene rings is 1. The second-order valence-corrected chi connectivity index (χ2v) is 5.01. The predicted molar refractivity (Wildman–Crippen MR) is 73.5 cm³/mol. The van der Waals surface area contributed by atoms with Crippen LogP contribution in [0.4, 0.5) is 4.39 Å². The summed E-state index contributed by atoms with van der Waals surface area (Å²) >= 11 is 0. The first-order valence-corrected chi connectivity index (χ1v) is 6.33. The van der Waals surface area contributed by atoms with Gasteiger partial charge >= 0.3 is 0 Å². The summed E-state index contributed by atoms with van der Waals surface area (Å²) in [5, 5.41) is 10.3. The molecule has 1 heterocycles. The summed E-state index contributed by atoms with van der Waals surface area (Å²) in [6.07, 6.45) is 1.41. The van der Waals surface area contributed by atoms with Gasteiger partial charge in [0.2, 0.25) is 0 Å². The Labute approximate surface area is 112 Å². The lowest BCUT2D eigenvalue weighted by atomic mass is 9.98. The molecule has 0 bridgehead atoms. The number of aromatic nitrogens is 1. The number of halogens is 1. The minimum absolute atomic E-state index is 0.276. The number of rotatable bonds is 3. The Morgan fingerprint density at radius 3 is 2.58 bits per heavy atom. The highest BCUT2D eigenvalue weighted by atomic mass is 19.1. The van der Waals surface area contributed by atoms with Crippen LogP contribution >= 0.6 is 0 Å². The van der Waals surface area contributed by atoms with Crippen LogP contribution in [0.3, 0.4) is 0 Å². The van der Waals surface area contributed by atoms with Crippen molar-refractivity contribution in [3.63, 3.8) is 0 Å². The molecule has 2 nitrogen and oxygen atoms in total. The van der Waals surface area contributed by atoms with E-state index >= 15 is 0 Å². The summed E-state index contributed by atoms with van der Waals surface area (Å²) in [6.45, 7) is 5.81. The lowest BCUT2D eigenvalue weighted by molar-refractivity contribution is 0.172. The molecule has 0 aliphatic carbocycles. The Bertz CT molecular complexity index is 595. The highest BCUT2D eigenvalue weighted by Crippen LogP contribution is 2.22. The third kappa shape index (κ3) is 3.18. The number of hydrogen-bond acceptors (Lipinski definition) is 2. The molecule has 0 spiro atoms. The Balaban J connectivity index is 2.25. The van der Waals surface area contributed by atoms with E-state index in [1.165, 1.54) is 12.1 Å². The van der Waals surface area contributed by atoms with Crippen LogP contribution in [0.1, 0.15) is 34.1 Å². The lowest BCUT2D eigenvalue weighted by Gasteiger charge is -2.14. The van der Waals surface area contributed by atoms with Crippen molar-refractivity contribution >= 4 is 0 Å². The molecular formula is C16H18FNO. The number of pyridine rings is 1. The van der Waals surface area contributed by atoms with Crippen molar-refractivity contribution in [2.75, 3.05) is 0 Å². The fraction of sp³-hybridized carbons (Fsp3) is 0.312. The molecule has 1 unspecified atom stereocenters. The fourth-order valence-electron chi connectivity index (χ4n) is 2.24. The SMILES string of the molecule is Cc1cnc(C(O)Cc2cc(F)ccc2C)c(C)c1. The van der Waals surface area contributed by atoms with Crippen LogP contribution < -0.4 is 0 Å². The molecule has 0 aliphatic heterocycles. The monoisotopic (exact) mass is 259 g/mol. The van der Waals surface area contributed by atoms with Gasteiger partial charge in [-0.3, -0.25) is 4.98 Å². The zero-order valence-corrected chi connectivity index (χ0v) is 11.4. The van der Waals surface area contributed by atoms with E-state index in [-0.39, 0.29) is 5.82 Å². The van der Waals surface area contributed by atoms with E-state index in [2.05, 4.69) is 4.98 Å². The molecule has 1 N–H and O–H groups in total. The molecule has 2 aromatic rings. The highest BCUT2D eigenvalue weighted by molar-refractivity contribution is 5.30. The van der Waals surface area contributed by atoms with Gasteiger partial charge in [-0.15, -0.1) is 0 Å². The average Bonchev–Trinajstić information content (AvgIpc) is 2.33. The molecule has 0 fully saturated rings. The van der Waals surface area contributed by atoms with E-state index in [0.717, 1.165) is 22.3 Å². The van der Waals surface area contributed by atoms with Gasteiger partial charge in [0.1, 0.15) is 11.9 Å². The normalized spacial score (nSPS) is 12.5. The molecule has 0 saturated heterocycles. The number of nitrogens with zero attached hydrogens (tertiary/aromatic N) is 1. The molecule has 1 atom stereocenters. The molecule has 0 saturated carbocycles. The third-order valence-corrected chi connectivity index (χ3v) is 3.30. The molecule has 0 radical (unpaired) electrons. The minimum atomic E-state index is -0.707. The minimum Gasteiger partial charge on any atom is -0.386 e. The molecular weight excluding hydrogens is 241 g/mol. The summed E-state index contributed by atoms with van der Waals surface area (Å²) in [5.41, 5.74) is 4.48. The molecule has 3 heteroatoms. The number of aliphatic hydroxyl groups is 1. The molecule has 0 amide bonds. The predicted octanol–water partition coefficient (Wildman–Crippen LogP) is 3.42. The molecule has 1 aromatic heterocycles. The van der Waals surface area contributed by atoms with Crippen LogP contribution in [-0.4, -0.2) is 10.1 Å². The van der Waals surface area contributed by atoms with E-state index in [1.54, 1.807) is 12.3 Å². The summed E-state index contributed by atoms with van der Waals surface area (Å²) in [6, 6.07) is 6.62. The first-order chi connectivity index (χ1) is 8.97. The number of aliphatic hydroxyl groups excluding tert-OH is 1. The fourth-order valence-corrected chi connectivity index (χ4v) is 2.24. The standard InChI is InChI=1S/C16H18FNO/c1-10-6-12(3)16(18-9-10)15(19)8-13-7-14(17)5-4-11(13)2/h4-7,9,15,19H,8H2,1-3H3. The van der Waals surface area contributed by atoms with Crippen LogP contribution in [0.25, 0.3) is 0 Å². The van der Waals surface area contributed by atoms with Crippen LogP contribution in [0.5, 0.6) is 0 Å². The molecule has 100 valence electrons. The highest BCUT2D eigenvalue weighted by Gasteiger charge is 2.14. The van der Waals surface area contributed by atoms with Gasteiger partial charge in [-0.1, -0.05) is 12.1 Å². The second-order valence-electron chi connectivity index (χ2n) is 5.01. The van der Waals surface area contributed by atoms with Gasteiger partial charge in [0.15, 0.2) is 0 Å². The quantitative estimate of drug-likeness (QED) is 0.916. The summed E-state index contributed by atoms with van der Waals surface area (Å²) in [4.78, 5) is 4.28. The molecule has 19 heavy (non-hydrogen) atoms. The van der Waals surface area contributed by atoms with E-state index in [1.807, 2.05) is 26.8 Å². The molecule has 1 aromatic carbocycles. The van der Waals surface area contributed by atoms with E-state index in [9.17, 15) is 9.50 Å². The van der Waals surface area contributed by atoms with Crippen molar-refractivity contribution in [1.29, 1.82) is 0 Å². The maximum atomic E-state index is 13.2. The molecule has 0 aliphatic rings. The Morgan fingerprint density at radius 2 is 1.89 bits per heavy atom. The van der Waals surface area contributed by atoms with E-state index in [4.69, 9.17) is 0 Å². The first-order valence-electron chi connectivity index (χ1n) is 6.33. The Hall–Kier alpha value is -1.74. The van der Waals surface area contributed by atoms with Gasteiger partial charge in [0, 0.05) is 12.6 Å². The second kappa shape index (κ2) is 5.49. The Kier molecular flexibility index (Phi) is 3.96. The van der Waals surface area contributed by atoms with Gasteiger partial charge in [-0.05, 0) is 55.2 Å². The zero-order valence-electron chi connectivity index (χ0n) is 11.4. The van der Waals surface area contributed by atoms with Gasteiger partial charge < -0.3 is 5.11 Å². The average molecular weight is 259 g/mol. The summed E-state index contributed by atoms with van der Waals surface area (Å²) < 4.78 is 13.2. The third-order valence-electron chi connectivity index (χ3n) is 3.30. The van der Waals surface area contributed by atoms with Gasteiger partial charge in [0.05, 0.1) is 5.69 Å². The van der Waals surface area contributed by atoms with E-state index < -0.39 is 6.10 Å². The smallest absolute Gasteiger partial charge is 0.123 e. The van der Waals surface area contributed by atoms with Crippen molar-refractivity contribution < 1.29 is 9.50 Å². The van der Waals surface area contributed by atoms with Gasteiger partial charge in [-0.25, -0.2) is 4.39 Å². The first kappa shape index (κ1) is 13.7. The van der Waals surface area contributed by atoms with Crippen LogP contribution in [0.15, 0.2) is 30.5 Å². The summed E-state index contributed by atoms with van der Waals surface area (Å²) in [7, 11) is 0. The van der Waals surface area contributed by atoms with Crippen LogP contribution in [0.2, 0.25) is 0 Å². The van der Waals surface area contributed by atoms with Crippen molar-refractivity contribution in [3.8, 4) is 0 Å². The number of hydrogen-bond donors (Lipinski definition) is 1. The summed E-state index contributed by atoms with van der Waals surface area (Å²) in [5.74, 6) is -0.276. The lowest BCUT2D eigenvalue weighted by Crippen LogP contribution is -2.08. The largest absolute Gasteiger partial charge is 0.386 e. The van der Waals surface area contributed by atoms with Crippen LogP contribution in [0, 0.1) is 26.6 Å². The topological polar surface area (TPSA) is 33.1 Å². The maximum absolute atomic E-state index is 13.2. The Morgan fingerprint density at radius 1 is 1.16 bits per heavy atom. The van der Waals surface area contributed by atoms with Crippen molar-refractivity contribution in [1.82, 2.24) is 4.98 Å². The number of aryl methyl sites for hydroxylation is 3. The maximum Gasteiger partial charge on any atom is 0.123 e. The van der Waals surface area contributed by atoms with Crippen molar-refractivity contribution in [2.45, 2.75) is 33.3 Å². The zero-order chi connectivity index (χ0) is 14.0. The van der Waals surface area contributed by atoms with Crippen molar-refractivity contribution in [3.05, 3.63) is 64.2 Å². The van der Waals surface area contributed by atoms with E-state index in [0.29, 0.717) is 12.1 Å². The van der Waals surface area contributed by atoms with Crippen LogP contribution in [-0.2, 0) is 6.42 Å². The van der Waals surface area contributed by atoms with Gasteiger partial charge in [-0.2, -0.15) is 0 Å². The van der Waals surface area contributed by atoms with Gasteiger partial charge in [0.25, 0.3) is 0 Å². The van der Waals surface area contributed by atoms with Crippen molar-refractivity contribution in [2.24, 2.45) is 0 Å².